The second kappa shape index (κ2) is 9.45. The van der Waals surface area contributed by atoms with Crippen LogP contribution in [0.5, 0.6) is 5.75 Å². The molecule has 1 amide bonds. The minimum atomic E-state index is -3.74. The van der Waals surface area contributed by atoms with Crippen LogP contribution in [0.15, 0.2) is 54.6 Å². The fourth-order valence-electron chi connectivity index (χ4n) is 2.37. The molecule has 0 bridgehead atoms. The molecule has 0 aliphatic carbocycles. The van der Waals surface area contributed by atoms with Gasteiger partial charge in [-0.15, -0.1) is 0 Å². The molecule has 2 aromatic carbocycles. The molecule has 2 aromatic rings. The predicted octanol–water partition coefficient (Wildman–Crippen LogP) is 3.27. The standard InChI is InChI=1S/C18H20ClNO5S/c1-24-17-9-7-15(8-10-17)16(13-26(19,22)23)11-20-18(21)25-12-14-5-3-2-4-6-14/h2-10,16H,11-13H2,1H3,(H,20,21). The lowest BCUT2D eigenvalue weighted by Gasteiger charge is -2.17. The van der Waals surface area contributed by atoms with Gasteiger partial charge in [-0.05, 0) is 23.3 Å². The number of nitrogens with one attached hydrogen (secondary N) is 1. The lowest BCUT2D eigenvalue weighted by atomic mass is 10.0. The Morgan fingerprint density at radius 2 is 1.77 bits per heavy atom. The summed E-state index contributed by atoms with van der Waals surface area (Å²) in [6.45, 7) is 0.208. The zero-order chi connectivity index (χ0) is 19.0. The van der Waals surface area contributed by atoms with E-state index in [1.165, 1.54) is 0 Å². The van der Waals surface area contributed by atoms with Crippen LogP contribution in [0.1, 0.15) is 17.0 Å². The third-order valence-corrected chi connectivity index (χ3v) is 4.87. The summed E-state index contributed by atoms with van der Waals surface area (Å²) in [4.78, 5) is 11.9. The summed E-state index contributed by atoms with van der Waals surface area (Å²) in [5.74, 6) is -0.163. The minimum absolute atomic E-state index is 0.0753. The van der Waals surface area contributed by atoms with Gasteiger partial charge in [0.25, 0.3) is 0 Å². The van der Waals surface area contributed by atoms with Crippen molar-refractivity contribution < 1.29 is 22.7 Å². The van der Waals surface area contributed by atoms with E-state index in [4.69, 9.17) is 20.2 Å². The first-order chi connectivity index (χ1) is 12.4. The number of methoxy groups -OCH3 is 1. The molecule has 6 nitrogen and oxygen atoms in total. The number of carbonyl (C=O) groups excluding carboxylic acids is 1. The molecule has 0 heterocycles. The van der Waals surface area contributed by atoms with Crippen molar-refractivity contribution in [3.05, 3.63) is 65.7 Å². The molecule has 1 unspecified atom stereocenters. The van der Waals surface area contributed by atoms with Crippen molar-refractivity contribution in [1.29, 1.82) is 0 Å². The average Bonchev–Trinajstić information content (AvgIpc) is 2.63. The number of rotatable bonds is 8. The summed E-state index contributed by atoms with van der Waals surface area (Å²) < 4.78 is 33.2. The van der Waals surface area contributed by atoms with Crippen molar-refractivity contribution in [3.63, 3.8) is 0 Å². The molecule has 0 saturated heterocycles. The van der Waals surface area contributed by atoms with Gasteiger partial charge in [0.1, 0.15) is 12.4 Å². The van der Waals surface area contributed by atoms with E-state index in [2.05, 4.69) is 5.32 Å². The van der Waals surface area contributed by atoms with Gasteiger partial charge in [-0.25, -0.2) is 13.2 Å². The second-order valence-electron chi connectivity index (χ2n) is 5.62. The minimum Gasteiger partial charge on any atom is -0.497 e. The van der Waals surface area contributed by atoms with Gasteiger partial charge < -0.3 is 14.8 Å². The van der Waals surface area contributed by atoms with E-state index >= 15 is 0 Å². The monoisotopic (exact) mass is 397 g/mol. The topological polar surface area (TPSA) is 81.7 Å². The number of hydrogen-bond donors (Lipinski definition) is 1. The molecule has 2 rings (SSSR count). The van der Waals surface area contributed by atoms with E-state index < -0.39 is 21.1 Å². The molecule has 0 aromatic heterocycles. The van der Waals surface area contributed by atoms with E-state index in [0.29, 0.717) is 5.75 Å². The lowest BCUT2D eigenvalue weighted by molar-refractivity contribution is 0.139. The van der Waals surface area contributed by atoms with Crippen molar-refractivity contribution in [2.75, 3.05) is 19.4 Å². The molecule has 1 atom stereocenters. The molecule has 0 saturated carbocycles. The van der Waals surface area contributed by atoms with Crippen LogP contribution in [-0.2, 0) is 20.4 Å². The second-order valence-corrected chi connectivity index (χ2v) is 8.44. The number of halogens is 1. The molecule has 140 valence electrons. The maximum absolute atomic E-state index is 11.9. The molecule has 0 fully saturated rings. The first kappa shape index (κ1) is 20.1. The van der Waals surface area contributed by atoms with E-state index in [1.54, 1.807) is 31.4 Å². The van der Waals surface area contributed by atoms with Crippen LogP contribution in [-0.4, -0.2) is 33.9 Å². The fraction of sp³-hybridized carbons (Fsp3) is 0.278. The van der Waals surface area contributed by atoms with Crippen molar-refractivity contribution in [3.8, 4) is 5.75 Å². The SMILES string of the molecule is COc1ccc(C(CNC(=O)OCc2ccccc2)CS(=O)(=O)Cl)cc1. The van der Waals surface area contributed by atoms with Gasteiger partial charge in [0.05, 0.1) is 12.9 Å². The Kier molecular flexibility index (Phi) is 7.29. The number of amides is 1. The van der Waals surface area contributed by atoms with E-state index in [-0.39, 0.29) is 18.9 Å². The quantitative estimate of drug-likeness (QED) is 0.691. The molecule has 0 aliphatic heterocycles. The third-order valence-electron chi connectivity index (χ3n) is 3.69. The summed E-state index contributed by atoms with van der Waals surface area (Å²) in [6, 6.07) is 16.2. The van der Waals surface area contributed by atoms with E-state index in [0.717, 1.165) is 11.1 Å². The van der Waals surface area contributed by atoms with E-state index in [9.17, 15) is 13.2 Å². The molecule has 8 heteroatoms. The Morgan fingerprint density at radius 1 is 1.12 bits per heavy atom. The molecule has 0 aliphatic rings. The summed E-state index contributed by atoms with van der Waals surface area (Å²) in [5, 5.41) is 2.59. The molecule has 0 spiro atoms. The Bertz CT molecular complexity index is 809. The Morgan fingerprint density at radius 3 is 2.35 bits per heavy atom. The Labute approximate surface area is 157 Å². The van der Waals surface area contributed by atoms with Crippen LogP contribution in [0.25, 0.3) is 0 Å². The summed E-state index contributed by atoms with van der Waals surface area (Å²) >= 11 is 0. The zero-order valence-electron chi connectivity index (χ0n) is 14.2. The van der Waals surface area contributed by atoms with Crippen LogP contribution in [0.4, 0.5) is 4.79 Å². The highest BCUT2D eigenvalue weighted by atomic mass is 35.7. The van der Waals surface area contributed by atoms with Gasteiger partial charge in [0.2, 0.25) is 9.05 Å². The van der Waals surface area contributed by atoms with E-state index in [1.807, 2.05) is 30.3 Å². The van der Waals surface area contributed by atoms with Crippen molar-refractivity contribution in [2.24, 2.45) is 0 Å². The van der Waals surface area contributed by atoms with Crippen LogP contribution in [0.3, 0.4) is 0 Å². The lowest BCUT2D eigenvalue weighted by Crippen LogP contribution is -2.31. The number of benzene rings is 2. The van der Waals surface area contributed by atoms with Gasteiger partial charge in [-0.2, -0.15) is 0 Å². The highest BCUT2D eigenvalue weighted by Crippen LogP contribution is 2.22. The predicted molar refractivity (Wildman–Crippen MR) is 100 cm³/mol. The maximum atomic E-state index is 11.9. The van der Waals surface area contributed by atoms with Crippen LogP contribution < -0.4 is 10.1 Å². The summed E-state index contributed by atoms with van der Waals surface area (Å²) in [7, 11) is 3.20. The normalized spacial score (nSPS) is 12.2. The largest absolute Gasteiger partial charge is 0.497 e. The van der Waals surface area contributed by atoms with Gasteiger partial charge >= 0.3 is 6.09 Å². The highest BCUT2D eigenvalue weighted by molar-refractivity contribution is 8.13. The smallest absolute Gasteiger partial charge is 0.407 e. The third kappa shape index (κ3) is 6.93. The Hall–Kier alpha value is -2.25. The van der Waals surface area contributed by atoms with Gasteiger partial charge in [-0.1, -0.05) is 42.5 Å². The van der Waals surface area contributed by atoms with Gasteiger partial charge in [0, 0.05) is 23.1 Å². The molecule has 1 N–H and O–H groups in total. The maximum Gasteiger partial charge on any atom is 0.407 e. The molecular formula is C18H20ClNO5S. The number of ether oxygens (including phenoxy) is 2. The summed E-state index contributed by atoms with van der Waals surface area (Å²) in [5.41, 5.74) is 1.58. The van der Waals surface area contributed by atoms with Gasteiger partial charge in [-0.3, -0.25) is 0 Å². The van der Waals surface area contributed by atoms with Crippen LogP contribution in [0.2, 0.25) is 0 Å². The first-order valence-corrected chi connectivity index (χ1v) is 10.4. The number of carbonyl (C=O) groups is 1. The molecule has 26 heavy (non-hydrogen) atoms. The van der Waals surface area contributed by atoms with Crippen molar-refractivity contribution in [1.82, 2.24) is 5.32 Å². The number of hydrogen-bond acceptors (Lipinski definition) is 5. The highest BCUT2D eigenvalue weighted by Gasteiger charge is 2.20. The number of alkyl carbamates (subject to hydrolysis) is 1. The zero-order valence-corrected chi connectivity index (χ0v) is 15.8. The molecular weight excluding hydrogens is 378 g/mol. The van der Waals surface area contributed by atoms with Crippen LogP contribution >= 0.6 is 10.7 Å². The van der Waals surface area contributed by atoms with Crippen molar-refractivity contribution in [2.45, 2.75) is 12.5 Å². The van der Waals surface area contributed by atoms with Crippen molar-refractivity contribution >= 4 is 25.8 Å². The molecule has 0 radical (unpaired) electrons. The van der Waals surface area contributed by atoms with Crippen LogP contribution in [0, 0.1) is 0 Å². The van der Waals surface area contributed by atoms with Gasteiger partial charge in [0.15, 0.2) is 0 Å². The Balaban J connectivity index is 1.96. The summed E-state index contributed by atoms with van der Waals surface area (Å²) in [6.07, 6.45) is -0.626. The first-order valence-electron chi connectivity index (χ1n) is 7.88. The fourth-order valence-corrected chi connectivity index (χ4v) is 3.62. The average molecular weight is 398 g/mol.